The van der Waals surface area contributed by atoms with Crippen molar-refractivity contribution in [2.24, 2.45) is 5.92 Å². The van der Waals surface area contributed by atoms with Crippen LogP contribution >= 0.6 is 0 Å². The summed E-state index contributed by atoms with van der Waals surface area (Å²) in [4.78, 5) is 42.5. The van der Waals surface area contributed by atoms with Crippen LogP contribution in [0.5, 0.6) is 5.75 Å². The molecule has 0 spiro atoms. The number of likely N-dealkylation sites (N-methyl/N-ethyl adjacent to an activating group) is 1. The molecule has 0 unspecified atom stereocenters. The van der Waals surface area contributed by atoms with E-state index in [1.165, 1.54) is 6.42 Å². The lowest BCUT2D eigenvalue weighted by molar-refractivity contribution is -0.134. The van der Waals surface area contributed by atoms with Crippen LogP contribution in [0.1, 0.15) is 57.1 Å². The standard InChI is InChI=1S/C32H44N4O5/c1-22-19-36(23(2)21-37)31(39)18-25-17-27(33-30(38)16-24-10-6-4-7-11-24)14-15-28(25)41-29(22)20-35(3)32(40)34-26-12-8-5-9-13-26/h4,6-7,10-11,14-15,17,22-23,26,29,37H,5,8-9,12-13,16,18-21H2,1-3H3,(H,33,38)(H,34,40)/t22-,23-,29-/m1/s1. The second-order valence-electron chi connectivity index (χ2n) is 11.6. The average molecular weight is 565 g/mol. The van der Waals surface area contributed by atoms with E-state index in [1.54, 1.807) is 35.0 Å². The number of nitrogens with one attached hydrogen (secondary N) is 2. The molecular formula is C32H44N4O5. The molecule has 0 saturated heterocycles. The highest BCUT2D eigenvalue weighted by molar-refractivity contribution is 5.92. The minimum absolute atomic E-state index is 0.0690. The lowest BCUT2D eigenvalue weighted by atomic mass is 9.96. The Hall–Kier alpha value is -3.59. The van der Waals surface area contributed by atoms with Crippen molar-refractivity contribution in [1.82, 2.24) is 15.1 Å². The second kappa shape index (κ2) is 14.3. The Morgan fingerprint density at radius 1 is 1.12 bits per heavy atom. The molecule has 0 bridgehead atoms. The number of amides is 4. The van der Waals surface area contributed by atoms with Gasteiger partial charge in [0.05, 0.1) is 32.0 Å². The molecule has 4 rings (SSSR count). The number of anilines is 1. The predicted molar refractivity (Wildman–Crippen MR) is 159 cm³/mol. The van der Waals surface area contributed by atoms with E-state index >= 15 is 0 Å². The number of fused-ring (bicyclic) bond motifs is 1. The highest BCUT2D eigenvalue weighted by atomic mass is 16.5. The van der Waals surface area contributed by atoms with E-state index in [-0.39, 0.29) is 55.3 Å². The Balaban J connectivity index is 1.53. The molecule has 1 saturated carbocycles. The van der Waals surface area contributed by atoms with Crippen LogP contribution in [0.4, 0.5) is 10.5 Å². The van der Waals surface area contributed by atoms with E-state index in [4.69, 9.17) is 4.74 Å². The van der Waals surface area contributed by atoms with Gasteiger partial charge in [0, 0.05) is 36.8 Å². The summed E-state index contributed by atoms with van der Waals surface area (Å²) in [5.41, 5.74) is 2.14. The second-order valence-corrected chi connectivity index (χ2v) is 11.6. The summed E-state index contributed by atoms with van der Waals surface area (Å²) in [6.07, 6.45) is 5.41. The lowest BCUT2D eigenvalue weighted by Gasteiger charge is -2.34. The van der Waals surface area contributed by atoms with E-state index in [9.17, 15) is 19.5 Å². The van der Waals surface area contributed by atoms with Crippen LogP contribution in [0.3, 0.4) is 0 Å². The predicted octanol–water partition coefficient (Wildman–Crippen LogP) is 3.99. The van der Waals surface area contributed by atoms with Crippen molar-refractivity contribution in [2.75, 3.05) is 32.1 Å². The highest BCUT2D eigenvalue weighted by Crippen LogP contribution is 2.29. The quantitative estimate of drug-likeness (QED) is 0.449. The Bertz CT molecular complexity index is 1180. The van der Waals surface area contributed by atoms with Gasteiger partial charge in [0.1, 0.15) is 11.9 Å². The largest absolute Gasteiger partial charge is 0.488 e. The van der Waals surface area contributed by atoms with Crippen molar-refractivity contribution in [2.45, 2.75) is 77.0 Å². The molecule has 4 amide bonds. The molecular weight excluding hydrogens is 520 g/mol. The van der Waals surface area contributed by atoms with Gasteiger partial charge >= 0.3 is 6.03 Å². The first kappa shape index (κ1) is 30.4. The number of carbonyl (C=O) groups excluding carboxylic acids is 3. The van der Waals surface area contributed by atoms with Crippen LogP contribution in [-0.2, 0) is 22.4 Å². The van der Waals surface area contributed by atoms with E-state index in [0.717, 1.165) is 31.2 Å². The molecule has 1 heterocycles. The fourth-order valence-electron chi connectivity index (χ4n) is 5.60. The Labute approximate surface area is 243 Å². The van der Waals surface area contributed by atoms with E-state index in [1.807, 2.05) is 44.2 Å². The molecule has 41 heavy (non-hydrogen) atoms. The molecule has 0 radical (unpaired) electrons. The number of benzene rings is 2. The summed E-state index contributed by atoms with van der Waals surface area (Å²) in [7, 11) is 1.77. The number of carbonyl (C=O) groups is 3. The molecule has 1 fully saturated rings. The number of aliphatic hydroxyl groups is 1. The van der Waals surface area contributed by atoms with Crippen LogP contribution in [0.25, 0.3) is 0 Å². The minimum atomic E-state index is -0.395. The summed E-state index contributed by atoms with van der Waals surface area (Å²) in [5.74, 6) is 0.157. The number of nitrogens with zero attached hydrogens (tertiary/aromatic N) is 2. The third-order valence-corrected chi connectivity index (χ3v) is 8.14. The van der Waals surface area contributed by atoms with Crippen LogP contribution in [0.15, 0.2) is 48.5 Å². The van der Waals surface area contributed by atoms with Crippen molar-refractivity contribution >= 4 is 23.5 Å². The smallest absolute Gasteiger partial charge is 0.317 e. The lowest BCUT2D eigenvalue weighted by Crippen LogP contribution is -2.50. The van der Waals surface area contributed by atoms with Gasteiger partial charge in [-0.05, 0) is 43.5 Å². The van der Waals surface area contributed by atoms with Crippen molar-refractivity contribution < 1.29 is 24.2 Å². The van der Waals surface area contributed by atoms with Gasteiger partial charge < -0.3 is 30.3 Å². The highest BCUT2D eigenvalue weighted by Gasteiger charge is 2.32. The summed E-state index contributed by atoms with van der Waals surface area (Å²) in [5, 5.41) is 16.0. The molecule has 1 aliphatic heterocycles. The van der Waals surface area contributed by atoms with Crippen LogP contribution < -0.4 is 15.4 Å². The van der Waals surface area contributed by atoms with E-state index in [2.05, 4.69) is 10.6 Å². The maximum atomic E-state index is 13.5. The summed E-state index contributed by atoms with van der Waals surface area (Å²) in [6, 6.07) is 14.6. The van der Waals surface area contributed by atoms with Crippen LogP contribution in [-0.4, -0.2) is 77.7 Å². The zero-order valence-electron chi connectivity index (χ0n) is 24.5. The number of rotatable bonds is 8. The normalized spacial score (nSPS) is 20.5. The van der Waals surface area contributed by atoms with E-state index in [0.29, 0.717) is 30.1 Å². The molecule has 9 heteroatoms. The molecule has 3 N–H and O–H groups in total. The van der Waals surface area contributed by atoms with Crippen molar-refractivity contribution in [3.63, 3.8) is 0 Å². The van der Waals surface area contributed by atoms with Gasteiger partial charge in [-0.2, -0.15) is 0 Å². The fraction of sp³-hybridized carbons (Fsp3) is 0.531. The molecule has 2 aromatic rings. The Morgan fingerprint density at radius 3 is 2.56 bits per heavy atom. The van der Waals surface area contributed by atoms with Crippen LogP contribution in [0.2, 0.25) is 0 Å². The zero-order chi connectivity index (χ0) is 29.4. The van der Waals surface area contributed by atoms with Crippen molar-refractivity contribution in [1.29, 1.82) is 0 Å². The number of urea groups is 1. The molecule has 9 nitrogen and oxygen atoms in total. The molecule has 2 aliphatic rings. The van der Waals surface area contributed by atoms with Crippen molar-refractivity contribution in [3.8, 4) is 5.75 Å². The Morgan fingerprint density at radius 2 is 1.85 bits per heavy atom. The van der Waals surface area contributed by atoms with Crippen LogP contribution in [0, 0.1) is 5.92 Å². The number of ether oxygens (including phenoxy) is 1. The first-order valence-corrected chi connectivity index (χ1v) is 14.8. The summed E-state index contributed by atoms with van der Waals surface area (Å²) in [6.45, 7) is 4.40. The minimum Gasteiger partial charge on any atom is -0.488 e. The maximum Gasteiger partial charge on any atom is 0.317 e. The van der Waals surface area contributed by atoms with Gasteiger partial charge in [-0.25, -0.2) is 4.79 Å². The number of hydrogen-bond donors (Lipinski definition) is 3. The maximum absolute atomic E-state index is 13.5. The van der Waals surface area contributed by atoms with Gasteiger partial charge in [-0.1, -0.05) is 56.5 Å². The van der Waals surface area contributed by atoms with Gasteiger partial charge in [-0.3, -0.25) is 9.59 Å². The SMILES string of the molecule is C[C@@H]1CN([C@H](C)CO)C(=O)Cc2cc(NC(=O)Cc3ccccc3)ccc2O[C@@H]1CN(C)C(=O)NC1CCCCC1. The van der Waals surface area contributed by atoms with E-state index < -0.39 is 6.10 Å². The first-order chi connectivity index (χ1) is 19.7. The number of aliphatic hydroxyl groups excluding tert-OH is 1. The van der Waals surface area contributed by atoms with Gasteiger partial charge in [-0.15, -0.1) is 0 Å². The topological polar surface area (TPSA) is 111 Å². The molecule has 3 atom stereocenters. The third kappa shape index (κ3) is 8.45. The monoisotopic (exact) mass is 564 g/mol. The summed E-state index contributed by atoms with van der Waals surface area (Å²) < 4.78 is 6.53. The molecule has 2 aromatic carbocycles. The third-order valence-electron chi connectivity index (χ3n) is 8.14. The van der Waals surface area contributed by atoms with Gasteiger partial charge in [0.15, 0.2) is 0 Å². The first-order valence-electron chi connectivity index (χ1n) is 14.8. The fourth-order valence-corrected chi connectivity index (χ4v) is 5.60. The molecule has 222 valence electrons. The average Bonchev–Trinajstić information content (AvgIpc) is 3.01. The van der Waals surface area contributed by atoms with Crippen molar-refractivity contribution in [3.05, 3.63) is 59.7 Å². The zero-order valence-corrected chi connectivity index (χ0v) is 24.5. The molecule has 1 aliphatic carbocycles. The van der Waals surface area contributed by atoms with Gasteiger partial charge in [0.2, 0.25) is 11.8 Å². The number of hydrogen-bond acceptors (Lipinski definition) is 5. The molecule has 0 aromatic heterocycles. The van der Waals surface area contributed by atoms with Gasteiger partial charge in [0.25, 0.3) is 0 Å². The summed E-state index contributed by atoms with van der Waals surface area (Å²) >= 11 is 0. The Kier molecular flexibility index (Phi) is 10.6.